The number of ether oxygens (including phenoxy) is 1. The van der Waals surface area contributed by atoms with Gasteiger partial charge in [-0.05, 0) is 43.2 Å². The van der Waals surface area contributed by atoms with Crippen LogP contribution in [0.5, 0.6) is 5.75 Å². The molecule has 0 saturated heterocycles. The Morgan fingerprint density at radius 2 is 1.75 bits per heavy atom. The molecule has 9 heteroatoms. The van der Waals surface area contributed by atoms with Gasteiger partial charge in [0.1, 0.15) is 11.8 Å². The molecule has 1 aromatic carbocycles. The highest BCUT2D eigenvalue weighted by Gasteiger charge is 2.26. The Morgan fingerprint density at radius 1 is 1.04 bits per heavy atom. The van der Waals surface area contributed by atoms with Crippen molar-refractivity contribution in [2.75, 3.05) is 0 Å². The normalized spacial score (nSPS) is 12.8. The number of carbonyl (C=O) groups excluding carboxylic acids is 3. The van der Waals surface area contributed by atoms with E-state index in [1.54, 1.807) is 45.0 Å². The van der Waals surface area contributed by atoms with E-state index in [1.165, 1.54) is 12.3 Å². The lowest BCUT2D eigenvalue weighted by Crippen LogP contribution is -2.55. The van der Waals surface area contributed by atoms with Crippen molar-refractivity contribution in [2.45, 2.75) is 32.9 Å². The van der Waals surface area contributed by atoms with E-state index in [2.05, 4.69) is 32.1 Å². The summed E-state index contributed by atoms with van der Waals surface area (Å²) >= 11 is 3.32. The number of hydrogen-bond acceptors (Lipinski definition) is 5. The van der Waals surface area contributed by atoms with Gasteiger partial charge >= 0.3 is 0 Å². The number of hydrazine groups is 1. The van der Waals surface area contributed by atoms with Crippen LogP contribution in [-0.2, 0) is 9.59 Å². The molecule has 0 radical (unpaired) electrons. The molecule has 28 heavy (non-hydrogen) atoms. The van der Waals surface area contributed by atoms with E-state index >= 15 is 0 Å². The Bertz CT molecular complexity index is 823. The number of hydrogen-bond donors (Lipinski definition) is 3. The quantitative estimate of drug-likeness (QED) is 0.559. The topological polar surface area (TPSA) is 110 Å². The first kappa shape index (κ1) is 21.5. The van der Waals surface area contributed by atoms with Crippen LogP contribution in [0.1, 0.15) is 31.3 Å². The fourth-order valence-electron chi connectivity index (χ4n) is 2.26. The largest absolute Gasteiger partial charge is 0.481 e. The molecule has 0 saturated carbocycles. The summed E-state index contributed by atoms with van der Waals surface area (Å²) in [7, 11) is 0. The van der Waals surface area contributed by atoms with Crippen LogP contribution in [0.25, 0.3) is 0 Å². The van der Waals surface area contributed by atoms with Crippen molar-refractivity contribution in [3.63, 3.8) is 0 Å². The second kappa shape index (κ2) is 9.93. The third-order valence-electron chi connectivity index (χ3n) is 3.77. The third-order valence-corrected chi connectivity index (χ3v) is 4.26. The van der Waals surface area contributed by atoms with Gasteiger partial charge in [-0.2, -0.15) is 0 Å². The highest BCUT2D eigenvalue weighted by Crippen LogP contribution is 2.18. The van der Waals surface area contributed by atoms with E-state index < -0.39 is 29.9 Å². The predicted molar refractivity (Wildman–Crippen MR) is 105 cm³/mol. The fraction of sp³-hybridized carbons (Fsp3) is 0.316. The monoisotopic (exact) mass is 451 g/mol. The zero-order valence-electron chi connectivity index (χ0n) is 15.7. The molecule has 3 N–H and O–H groups in total. The summed E-state index contributed by atoms with van der Waals surface area (Å²) in [6.45, 7) is 5.10. The van der Waals surface area contributed by atoms with Crippen molar-refractivity contribution in [3.05, 3.63) is 52.9 Å². The zero-order valence-corrected chi connectivity index (χ0v) is 17.3. The van der Waals surface area contributed by atoms with E-state index in [0.717, 1.165) is 4.47 Å². The minimum atomic E-state index is -0.862. The maximum atomic E-state index is 12.4. The lowest BCUT2D eigenvalue weighted by molar-refractivity contribution is -0.133. The Balaban J connectivity index is 1.88. The van der Waals surface area contributed by atoms with Gasteiger partial charge < -0.3 is 14.5 Å². The number of carbonyl (C=O) groups is 3. The molecule has 0 spiro atoms. The van der Waals surface area contributed by atoms with Crippen molar-refractivity contribution in [2.24, 2.45) is 5.92 Å². The molecule has 2 atom stereocenters. The van der Waals surface area contributed by atoms with Crippen LogP contribution >= 0.6 is 15.9 Å². The van der Waals surface area contributed by atoms with Gasteiger partial charge in [-0.1, -0.05) is 35.8 Å². The summed E-state index contributed by atoms with van der Waals surface area (Å²) < 4.78 is 11.4. The Hall–Kier alpha value is -2.81. The third kappa shape index (κ3) is 6.12. The Labute approximate surface area is 171 Å². The molecule has 3 amide bonds. The number of furan rings is 1. The summed E-state index contributed by atoms with van der Waals surface area (Å²) in [5.74, 6) is -1.22. The average molecular weight is 452 g/mol. The van der Waals surface area contributed by atoms with Gasteiger partial charge in [0.25, 0.3) is 17.7 Å². The first-order valence-electron chi connectivity index (χ1n) is 8.64. The van der Waals surface area contributed by atoms with Crippen molar-refractivity contribution in [1.82, 2.24) is 16.2 Å². The molecule has 0 fully saturated rings. The maximum absolute atomic E-state index is 12.4. The van der Waals surface area contributed by atoms with Gasteiger partial charge in [0.2, 0.25) is 0 Å². The van der Waals surface area contributed by atoms with E-state index in [0.29, 0.717) is 5.75 Å². The second-order valence-corrected chi connectivity index (χ2v) is 7.28. The average Bonchev–Trinajstić information content (AvgIpc) is 3.18. The molecule has 0 aliphatic rings. The van der Waals surface area contributed by atoms with Crippen molar-refractivity contribution >= 4 is 33.7 Å². The Morgan fingerprint density at radius 3 is 2.36 bits per heavy atom. The fourth-order valence-corrected chi connectivity index (χ4v) is 2.63. The van der Waals surface area contributed by atoms with Gasteiger partial charge in [-0.25, -0.2) is 0 Å². The van der Waals surface area contributed by atoms with Crippen LogP contribution in [0.3, 0.4) is 0 Å². The van der Waals surface area contributed by atoms with Gasteiger partial charge in [0.05, 0.1) is 6.26 Å². The number of amides is 3. The van der Waals surface area contributed by atoms with Crippen molar-refractivity contribution < 1.29 is 23.5 Å². The van der Waals surface area contributed by atoms with Crippen molar-refractivity contribution in [3.8, 4) is 5.75 Å². The molecule has 0 bridgehead atoms. The van der Waals surface area contributed by atoms with Gasteiger partial charge in [-0.15, -0.1) is 0 Å². The molecular weight excluding hydrogens is 430 g/mol. The number of rotatable bonds is 7. The van der Waals surface area contributed by atoms with Crippen LogP contribution in [0.15, 0.2) is 51.6 Å². The predicted octanol–water partition coefficient (Wildman–Crippen LogP) is 2.41. The minimum absolute atomic E-state index is 0.0959. The SMILES string of the molecule is CC(Oc1cccc(Br)c1)C(=O)NNC(=O)[C@@H](NC(=O)c1ccco1)C(C)C. The molecule has 1 heterocycles. The molecule has 1 unspecified atom stereocenters. The van der Waals surface area contributed by atoms with E-state index in [9.17, 15) is 14.4 Å². The number of nitrogens with one attached hydrogen (secondary N) is 3. The summed E-state index contributed by atoms with van der Waals surface area (Å²) in [5, 5.41) is 2.59. The summed E-state index contributed by atoms with van der Waals surface area (Å²) in [5.41, 5.74) is 4.63. The maximum Gasteiger partial charge on any atom is 0.287 e. The van der Waals surface area contributed by atoms with Gasteiger partial charge in [-0.3, -0.25) is 25.2 Å². The highest BCUT2D eigenvalue weighted by atomic mass is 79.9. The van der Waals surface area contributed by atoms with Crippen LogP contribution in [0.4, 0.5) is 0 Å². The molecule has 150 valence electrons. The highest BCUT2D eigenvalue weighted by molar-refractivity contribution is 9.10. The molecule has 0 aliphatic carbocycles. The van der Waals surface area contributed by atoms with Crippen molar-refractivity contribution in [1.29, 1.82) is 0 Å². The Kier molecular flexibility index (Phi) is 7.62. The smallest absolute Gasteiger partial charge is 0.287 e. The van der Waals surface area contributed by atoms with Crippen LogP contribution < -0.4 is 20.9 Å². The molecule has 8 nitrogen and oxygen atoms in total. The van der Waals surface area contributed by atoms with Crippen LogP contribution in [0.2, 0.25) is 0 Å². The van der Waals surface area contributed by atoms with Gasteiger partial charge in [0.15, 0.2) is 11.9 Å². The number of benzene rings is 1. The summed E-state index contributed by atoms with van der Waals surface area (Å²) in [4.78, 5) is 36.7. The van der Waals surface area contributed by atoms with Gasteiger partial charge in [0, 0.05) is 4.47 Å². The lowest BCUT2D eigenvalue weighted by atomic mass is 10.0. The van der Waals surface area contributed by atoms with Crippen LogP contribution in [0, 0.1) is 5.92 Å². The summed E-state index contributed by atoms with van der Waals surface area (Å²) in [6, 6.07) is 9.26. The number of halogens is 1. The standard InChI is InChI=1S/C19H22BrN3O5/c1-11(2)16(21-18(25)15-8-5-9-27-15)19(26)23-22-17(24)12(3)28-14-7-4-6-13(20)10-14/h4-12,16H,1-3H3,(H,21,25)(H,22,24)(H,23,26)/t12?,16-/m0/s1. The van der Waals surface area contributed by atoms with Crippen LogP contribution in [-0.4, -0.2) is 29.9 Å². The van der Waals surface area contributed by atoms with E-state index in [1.807, 2.05) is 6.07 Å². The lowest BCUT2D eigenvalue weighted by Gasteiger charge is -2.22. The molecule has 1 aromatic heterocycles. The first-order valence-corrected chi connectivity index (χ1v) is 9.43. The zero-order chi connectivity index (χ0) is 20.7. The van der Waals surface area contributed by atoms with E-state index in [4.69, 9.17) is 9.15 Å². The second-order valence-electron chi connectivity index (χ2n) is 6.37. The molecule has 2 aromatic rings. The van der Waals surface area contributed by atoms with E-state index in [-0.39, 0.29) is 11.7 Å². The first-order chi connectivity index (χ1) is 13.3. The molecular formula is C19H22BrN3O5. The molecule has 2 rings (SSSR count). The minimum Gasteiger partial charge on any atom is -0.481 e. The molecule has 0 aliphatic heterocycles. The summed E-state index contributed by atoms with van der Waals surface area (Å²) in [6.07, 6.45) is 0.525.